The standard InChI is InChI=1S/C23H19N5O2/c24-11-16-6-8-17(9-7-16)12-27-23(30)19-10-20-22(25-13-19)26-14-21(29)28(20)15-18-4-2-1-3-5-18/h1-10,13H,12,14-15H2,(H,25,26)(H,27,30). The van der Waals surface area contributed by atoms with Gasteiger partial charge in [-0.2, -0.15) is 5.26 Å². The van der Waals surface area contributed by atoms with Crippen molar-refractivity contribution >= 4 is 23.3 Å². The van der Waals surface area contributed by atoms with Crippen LogP contribution in [0.2, 0.25) is 0 Å². The molecular weight excluding hydrogens is 378 g/mol. The molecule has 0 aliphatic carbocycles. The van der Waals surface area contributed by atoms with E-state index >= 15 is 0 Å². The summed E-state index contributed by atoms with van der Waals surface area (Å²) in [4.78, 5) is 31.2. The minimum absolute atomic E-state index is 0.0803. The van der Waals surface area contributed by atoms with E-state index in [1.165, 1.54) is 6.20 Å². The maximum Gasteiger partial charge on any atom is 0.253 e. The summed E-state index contributed by atoms with van der Waals surface area (Å²) in [6, 6.07) is 20.5. The summed E-state index contributed by atoms with van der Waals surface area (Å²) < 4.78 is 0. The SMILES string of the molecule is N#Cc1ccc(CNC(=O)c2cnc3c(c2)N(Cc2ccccc2)C(=O)CN3)cc1. The number of nitrogens with zero attached hydrogens (tertiary/aromatic N) is 3. The van der Waals surface area contributed by atoms with Crippen LogP contribution in [0.1, 0.15) is 27.0 Å². The first-order chi connectivity index (χ1) is 14.6. The predicted molar refractivity (Wildman–Crippen MR) is 113 cm³/mol. The molecule has 0 saturated carbocycles. The van der Waals surface area contributed by atoms with E-state index in [9.17, 15) is 9.59 Å². The van der Waals surface area contributed by atoms with Crippen LogP contribution in [0.25, 0.3) is 0 Å². The molecule has 2 N–H and O–H groups in total. The van der Waals surface area contributed by atoms with Crippen LogP contribution in [0.4, 0.5) is 11.5 Å². The molecule has 7 heteroatoms. The van der Waals surface area contributed by atoms with Gasteiger partial charge >= 0.3 is 0 Å². The first-order valence-electron chi connectivity index (χ1n) is 9.49. The van der Waals surface area contributed by atoms with Gasteiger partial charge in [-0.05, 0) is 29.3 Å². The van der Waals surface area contributed by atoms with E-state index in [0.717, 1.165) is 11.1 Å². The molecule has 1 aromatic heterocycles. The van der Waals surface area contributed by atoms with Gasteiger partial charge in [0.05, 0.1) is 36.0 Å². The lowest BCUT2D eigenvalue weighted by atomic mass is 10.1. The maximum atomic E-state index is 12.6. The third-order valence-corrected chi connectivity index (χ3v) is 4.85. The molecule has 3 aromatic rings. The van der Waals surface area contributed by atoms with Crippen LogP contribution >= 0.6 is 0 Å². The summed E-state index contributed by atoms with van der Waals surface area (Å²) in [6.07, 6.45) is 1.50. The third kappa shape index (κ3) is 4.13. The van der Waals surface area contributed by atoms with Crippen molar-refractivity contribution < 1.29 is 9.59 Å². The molecule has 0 fully saturated rings. The minimum atomic E-state index is -0.285. The minimum Gasteiger partial charge on any atom is -0.359 e. The van der Waals surface area contributed by atoms with Gasteiger partial charge in [0, 0.05) is 12.7 Å². The smallest absolute Gasteiger partial charge is 0.253 e. The van der Waals surface area contributed by atoms with Crippen LogP contribution in [0, 0.1) is 11.3 Å². The number of rotatable bonds is 5. The van der Waals surface area contributed by atoms with Crippen molar-refractivity contribution in [1.29, 1.82) is 5.26 Å². The number of nitriles is 1. The van der Waals surface area contributed by atoms with E-state index in [2.05, 4.69) is 21.7 Å². The lowest BCUT2D eigenvalue weighted by Crippen LogP contribution is -2.40. The second-order valence-electron chi connectivity index (χ2n) is 6.90. The van der Waals surface area contributed by atoms with Crippen molar-refractivity contribution in [3.05, 3.63) is 89.1 Å². The van der Waals surface area contributed by atoms with Gasteiger partial charge < -0.3 is 15.5 Å². The number of carbonyl (C=O) groups excluding carboxylic acids is 2. The molecule has 148 valence electrons. The Morgan fingerprint density at radius 2 is 1.90 bits per heavy atom. The highest BCUT2D eigenvalue weighted by Crippen LogP contribution is 2.29. The number of hydrogen-bond acceptors (Lipinski definition) is 5. The van der Waals surface area contributed by atoms with Crippen LogP contribution in [0.3, 0.4) is 0 Å². The Morgan fingerprint density at radius 3 is 2.63 bits per heavy atom. The van der Waals surface area contributed by atoms with E-state index < -0.39 is 0 Å². The molecule has 0 unspecified atom stereocenters. The molecule has 30 heavy (non-hydrogen) atoms. The number of carbonyl (C=O) groups is 2. The maximum absolute atomic E-state index is 12.6. The summed E-state index contributed by atoms with van der Waals surface area (Å²) in [7, 11) is 0. The topological polar surface area (TPSA) is 98.1 Å². The van der Waals surface area contributed by atoms with Gasteiger partial charge in [0.25, 0.3) is 5.91 Å². The van der Waals surface area contributed by atoms with Crippen molar-refractivity contribution in [1.82, 2.24) is 10.3 Å². The van der Waals surface area contributed by atoms with E-state index in [4.69, 9.17) is 5.26 Å². The van der Waals surface area contributed by atoms with E-state index in [-0.39, 0.29) is 18.4 Å². The molecule has 7 nitrogen and oxygen atoms in total. The van der Waals surface area contributed by atoms with E-state index in [1.807, 2.05) is 30.3 Å². The largest absolute Gasteiger partial charge is 0.359 e. The molecule has 1 aliphatic heterocycles. The molecule has 0 bridgehead atoms. The van der Waals surface area contributed by atoms with Crippen LogP contribution in [0.5, 0.6) is 0 Å². The van der Waals surface area contributed by atoms with Crippen molar-refractivity contribution in [3.63, 3.8) is 0 Å². The molecule has 2 heterocycles. The van der Waals surface area contributed by atoms with Gasteiger partial charge in [0.2, 0.25) is 5.91 Å². The quantitative estimate of drug-likeness (QED) is 0.690. The van der Waals surface area contributed by atoms with Gasteiger partial charge in [0.15, 0.2) is 5.82 Å². The lowest BCUT2D eigenvalue weighted by molar-refractivity contribution is -0.117. The lowest BCUT2D eigenvalue weighted by Gasteiger charge is -2.29. The molecule has 1 aliphatic rings. The fourth-order valence-corrected chi connectivity index (χ4v) is 3.23. The van der Waals surface area contributed by atoms with Crippen LogP contribution in [-0.4, -0.2) is 23.3 Å². The number of aromatic nitrogens is 1. The predicted octanol–water partition coefficient (Wildman–Crippen LogP) is 2.84. The van der Waals surface area contributed by atoms with Crippen molar-refractivity contribution in [2.24, 2.45) is 0 Å². The summed E-state index contributed by atoms with van der Waals surface area (Å²) in [6.45, 7) is 0.899. The number of amides is 2. The molecule has 0 spiro atoms. The van der Waals surface area contributed by atoms with Crippen molar-refractivity contribution in [3.8, 4) is 6.07 Å². The highest BCUT2D eigenvalue weighted by atomic mass is 16.2. The van der Waals surface area contributed by atoms with Gasteiger partial charge in [0.1, 0.15) is 0 Å². The van der Waals surface area contributed by atoms with Gasteiger partial charge in [-0.25, -0.2) is 4.98 Å². The second kappa shape index (κ2) is 8.45. The zero-order chi connectivity index (χ0) is 20.9. The Bertz CT molecular complexity index is 1120. The zero-order valence-corrected chi connectivity index (χ0v) is 16.1. The fourth-order valence-electron chi connectivity index (χ4n) is 3.23. The number of hydrogen-bond donors (Lipinski definition) is 2. The van der Waals surface area contributed by atoms with Gasteiger partial charge in [-0.1, -0.05) is 42.5 Å². The first-order valence-corrected chi connectivity index (χ1v) is 9.49. The normalized spacial score (nSPS) is 12.5. The number of benzene rings is 2. The molecule has 0 radical (unpaired) electrons. The monoisotopic (exact) mass is 397 g/mol. The molecule has 2 aromatic carbocycles. The Kier molecular flexibility index (Phi) is 5.39. The fraction of sp³-hybridized carbons (Fsp3) is 0.130. The Hall–Kier alpha value is -4.18. The van der Waals surface area contributed by atoms with E-state index in [1.54, 1.807) is 35.2 Å². The summed E-state index contributed by atoms with van der Waals surface area (Å²) in [5, 5.41) is 14.7. The van der Waals surface area contributed by atoms with E-state index in [0.29, 0.717) is 35.7 Å². The second-order valence-corrected chi connectivity index (χ2v) is 6.90. The highest BCUT2D eigenvalue weighted by molar-refractivity contribution is 6.04. The molecular formula is C23H19N5O2. The number of fused-ring (bicyclic) bond motifs is 1. The van der Waals surface area contributed by atoms with Crippen molar-refractivity contribution in [2.45, 2.75) is 13.1 Å². The summed E-state index contributed by atoms with van der Waals surface area (Å²) in [5.41, 5.74) is 3.41. The number of pyridine rings is 1. The molecule has 0 saturated heterocycles. The average Bonchev–Trinajstić information content (AvgIpc) is 2.80. The summed E-state index contributed by atoms with van der Waals surface area (Å²) >= 11 is 0. The molecule has 0 atom stereocenters. The first kappa shape index (κ1) is 19.2. The highest BCUT2D eigenvalue weighted by Gasteiger charge is 2.26. The Morgan fingerprint density at radius 1 is 1.13 bits per heavy atom. The Balaban J connectivity index is 1.52. The number of anilines is 2. The number of nitrogens with one attached hydrogen (secondary N) is 2. The van der Waals surface area contributed by atoms with Crippen LogP contribution in [-0.2, 0) is 17.9 Å². The third-order valence-electron chi connectivity index (χ3n) is 4.85. The van der Waals surface area contributed by atoms with Crippen LogP contribution in [0.15, 0.2) is 66.9 Å². The average molecular weight is 397 g/mol. The summed E-state index contributed by atoms with van der Waals surface area (Å²) in [5.74, 6) is 0.213. The van der Waals surface area contributed by atoms with Gasteiger partial charge in [-0.3, -0.25) is 9.59 Å². The van der Waals surface area contributed by atoms with Gasteiger partial charge in [-0.15, -0.1) is 0 Å². The van der Waals surface area contributed by atoms with Crippen LogP contribution < -0.4 is 15.5 Å². The van der Waals surface area contributed by atoms with Crippen molar-refractivity contribution in [2.75, 3.05) is 16.8 Å². The zero-order valence-electron chi connectivity index (χ0n) is 16.1. The molecule has 2 amide bonds. The Labute approximate surface area is 174 Å². The molecule has 4 rings (SSSR count).